The molecule has 3 aromatic rings. The van der Waals surface area contributed by atoms with Crippen LogP contribution in [0.2, 0.25) is 0 Å². The summed E-state index contributed by atoms with van der Waals surface area (Å²) in [7, 11) is 0. The second-order valence-corrected chi connectivity index (χ2v) is 8.09. The Hall–Kier alpha value is -3.33. The van der Waals surface area contributed by atoms with Gasteiger partial charge in [-0.05, 0) is 25.0 Å². The summed E-state index contributed by atoms with van der Waals surface area (Å²) in [5.74, 6) is 0.255. The zero-order valence-corrected chi connectivity index (χ0v) is 16.4. The molecule has 0 atom stereocenters. The van der Waals surface area contributed by atoms with Gasteiger partial charge in [0.05, 0.1) is 17.7 Å². The molecule has 9 heteroatoms. The van der Waals surface area contributed by atoms with Crippen LogP contribution in [-0.2, 0) is 11.2 Å². The van der Waals surface area contributed by atoms with E-state index >= 15 is 0 Å². The van der Waals surface area contributed by atoms with Crippen LogP contribution in [0.5, 0.6) is 0 Å². The predicted molar refractivity (Wildman–Crippen MR) is 114 cm³/mol. The van der Waals surface area contributed by atoms with E-state index in [4.69, 9.17) is 5.73 Å². The molecular formula is C20H18N6O2S. The van der Waals surface area contributed by atoms with Gasteiger partial charge in [0.25, 0.3) is 5.56 Å². The molecule has 1 aromatic carbocycles. The van der Waals surface area contributed by atoms with Crippen molar-refractivity contribution in [1.82, 2.24) is 19.5 Å². The maximum atomic E-state index is 12.6. The average Bonchev–Trinajstić information content (AvgIpc) is 3.45. The number of nitrogens with two attached hydrogens (primary N) is 1. The lowest BCUT2D eigenvalue weighted by Crippen LogP contribution is -2.29. The summed E-state index contributed by atoms with van der Waals surface area (Å²) in [5.41, 5.74) is 8.70. The Bertz CT molecular complexity index is 1250. The van der Waals surface area contributed by atoms with Crippen molar-refractivity contribution in [3.63, 3.8) is 0 Å². The molecule has 4 heterocycles. The highest BCUT2D eigenvalue weighted by Gasteiger charge is 2.21. The van der Waals surface area contributed by atoms with Gasteiger partial charge in [0, 0.05) is 30.4 Å². The highest BCUT2D eigenvalue weighted by molar-refractivity contribution is 7.16. The number of nitrogens with zero attached hydrogens (tertiary/aromatic N) is 5. The number of likely N-dealkylation sites (tertiary alicyclic amines) is 1. The summed E-state index contributed by atoms with van der Waals surface area (Å²) in [5, 5.41) is 5.04. The van der Waals surface area contributed by atoms with Crippen LogP contribution < -0.4 is 11.3 Å². The summed E-state index contributed by atoms with van der Waals surface area (Å²) < 4.78 is 1.45. The maximum absolute atomic E-state index is 12.6. The Morgan fingerprint density at radius 2 is 2.03 bits per heavy atom. The molecule has 146 valence electrons. The van der Waals surface area contributed by atoms with Gasteiger partial charge in [-0.15, -0.1) is 0 Å². The van der Waals surface area contributed by atoms with Crippen molar-refractivity contribution in [2.24, 2.45) is 4.99 Å². The van der Waals surface area contributed by atoms with Crippen molar-refractivity contribution in [2.45, 2.75) is 19.3 Å². The molecule has 2 aliphatic heterocycles. The van der Waals surface area contributed by atoms with E-state index in [-0.39, 0.29) is 23.7 Å². The third kappa shape index (κ3) is 3.13. The number of allylic oxidation sites excluding steroid dienone is 1. The molecule has 0 aliphatic carbocycles. The number of hydrogen-bond donors (Lipinski definition) is 1. The first-order valence-electron chi connectivity index (χ1n) is 9.41. The summed E-state index contributed by atoms with van der Waals surface area (Å²) in [6.45, 7) is 1.59. The molecule has 0 saturated carbocycles. The average molecular weight is 406 g/mol. The number of carbonyl (C=O) groups is 1. The van der Waals surface area contributed by atoms with E-state index in [2.05, 4.69) is 15.1 Å². The monoisotopic (exact) mass is 406 g/mol. The number of anilines is 1. The van der Waals surface area contributed by atoms with Crippen LogP contribution in [0.3, 0.4) is 0 Å². The van der Waals surface area contributed by atoms with Gasteiger partial charge < -0.3 is 10.6 Å². The standard InChI is InChI=1S/C20H18N6O2S/c21-18-14(9-12-11-22-15-6-2-1-5-13(12)15)19(28)23-20-26(18)24-16(29-20)10-17(27)25-7-3-4-8-25/h1-2,5-6,9,11H,3-4,7-8,10,21H2/b12-9-. The summed E-state index contributed by atoms with van der Waals surface area (Å²) in [6.07, 6.45) is 5.68. The molecule has 0 radical (unpaired) electrons. The minimum Gasteiger partial charge on any atom is -0.383 e. The van der Waals surface area contributed by atoms with Gasteiger partial charge in [0.2, 0.25) is 10.9 Å². The van der Waals surface area contributed by atoms with Crippen LogP contribution in [-0.4, -0.2) is 44.7 Å². The molecule has 2 aromatic heterocycles. The van der Waals surface area contributed by atoms with Crippen molar-refractivity contribution in [3.05, 3.63) is 50.8 Å². The quantitative estimate of drug-likeness (QED) is 0.717. The molecule has 1 fully saturated rings. The molecule has 1 saturated heterocycles. The van der Waals surface area contributed by atoms with E-state index in [1.54, 1.807) is 12.3 Å². The number of para-hydroxylation sites is 1. The number of fused-ring (bicyclic) bond motifs is 2. The Kier molecular flexibility index (Phi) is 4.24. The van der Waals surface area contributed by atoms with Crippen LogP contribution in [0.1, 0.15) is 29.0 Å². The van der Waals surface area contributed by atoms with Gasteiger partial charge in [0.1, 0.15) is 10.8 Å². The van der Waals surface area contributed by atoms with Crippen molar-refractivity contribution in [2.75, 3.05) is 18.8 Å². The molecule has 0 bridgehead atoms. The lowest BCUT2D eigenvalue weighted by atomic mass is 10.1. The molecular weight excluding hydrogens is 388 g/mol. The van der Waals surface area contributed by atoms with Gasteiger partial charge in [0.15, 0.2) is 0 Å². The van der Waals surface area contributed by atoms with Gasteiger partial charge in [-0.3, -0.25) is 14.6 Å². The predicted octanol–water partition coefficient (Wildman–Crippen LogP) is 2.15. The molecule has 0 spiro atoms. The van der Waals surface area contributed by atoms with Crippen LogP contribution in [0, 0.1) is 0 Å². The molecule has 2 N–H and O–H groups in total. The fourth-order valence-corrected chi connectivity index (χ4v) is 4.53. The maximum Gasteiger partial charge on any atom is 0.283 e. The first kappa shape index (κ1) is 17.7. The number of carbonyl (C=O) groups excluding carboxylic acids is 1. The number of aromatic nitrogens is 3. The highest BCUT2D eigenvalue weighted by Crippen LogP contribution is 2.32. The number of amides is 1. The number of rotatable bonds is 3. The first-order valence-corrected chi connectivity index (χ1v) is 10.2. The van der Waals surface area contributed by atoms with Gasteiger partial charge in [-0.1, -0.05) is 29.5 Å². The third-order valence-electron chi connectivity index (χ3n) is 5.15. The largest absolute Gasteiger partial charge is 0.383 e. The molecule has 2 aliphatic rings. The van der Waals surface area contributed by atoms with Crippen molar-refractivity contribution in [3.8, 4) is 0 Å². The lowest BCUT2D eigenvalue weighted by Gasteiger charge is -2.13. The Balaban J connectivity index is 1.51. The van der Waals surface area contributed by atoms with E-state index in [0.29, 0.717) is 9.97 Å². The van der Waals surface area contributed by atoms with E-state index in [0.717, 1.165) is 42.8 Å². The Morgan fingerprint density at radius 3 is 2.86 bits per heavy atom. The van der Waals surface area contributed by atoms with Crippen LogP contribution in [0.15, 0.2) is 34.1 Å². The summed E-state index contributed by atoms with van der Waals surface area (Å²) in [6, 6.07) is 7.69. The zero-order valence-electron chi connectivity index (χ0n) is 15.5. The zero-order chi connectivity index (χ0) is 20.0. The van der Waals surface area contributed by atoms with Crippen LogP contribution in [0.4, 0.5) is 11.5 Å². The van der Waals surface area contributed by atoms with Crippen molar-refractivity contribution < 1.29 is 4.79 Å². The summed E-state index contributed by atoms with van der Waals surface area (Å²) >= 11 is 1.22. The number of hydrogen-bond acceptors (Lipinski definition) is 7. The molecule has 5 rings (SSSR count). The third-order valence-corrected chi connectivity index (χ3v) is 6.06. The number of nitrogen functional groups attached to an aromatic ring is 1. The van der Waals surface area contributed by atoms with Crippen LogP contribution in [0.25, 0.3) is 16.6 Å². The smallest absolute Gasteiger partial charge is 0.283 e. The van der Waals surface area contributed by atoms with Gasteiger partial charge >= 0.3 is 0 Å². The van der Waals surface area contributed by atoms with E-state index in [9.17, 15) is 9.59 Å². The number of aliphatic imine (C=N–C) groups is 1. The topological polar surface area (TPSA) is 106 Å². The van der Waals surface area contributed by atoms with Gasteiger partial charge in [-0.25, -0.2) is 0 Å². The highest BCUT2D eigenvalue weighted by atomic mass is 32.1. The number of benzene rings is 1. The second kappa shape index (κ2) is 6.93. The lowest BCUT2D eigenvalue weighted by molar-refractivity contribution is -0.129. The van der Waals surface area contributed by atoms with Crippen molar-refractivity contribution >= 4 is 51.6 Å². The SMILES string of the molecule is Nc1c(/C=C2/C=Nc3ccccc32)c(=O)nc2sc(CC(=O)N3CCCC3)nn12. The minimum atomic E-state index is -0.422. The Labute approximate surface area is 170 Å². The Morgan fingerprint density at radius 1 is 1.24 bits per heavy atom. The fraction of sp³-hybridized carbons (Fsp3) is 0.250. The summed E-state index contributed by atoms with van der Waals surface area (Å²) in [4.78, 5) is 35.7. The first-order chi connectivity index (χ1) is 14.1. The van der Waals surface area contributed by atoms with E-state index in [1.807, 2.05) is 29.2 Å². The second-order valence-electron chi connectivity index (χ2n) is 7.05. The molecule has 0 unspecified atom stereocenters. The normalized spacial score (nSPS) is 16.8. The van der Waals surface area contributed by atoms with Crippen LogP contribution >= 0.6 is 11.3 Å². The molecule has 8 nitrogen and oxygen atoms in total. The van der Waals surface area contributed by atoms with E-state index in [1.165, 1.54) is 15.9 Å². The van der Waals surface area contributed by atoms with Gasteiger partial charge in [-0.2, -0.15) is 14.6 Å². The minimum absolute atomic E-state index is 0.0455. The molecule has 1 amide bonds. The fourth-order valence-electron chi connectivity index (χ4n) is 3.65. The van der Waals surface area contributed by atoms with Crippen molar-refractivity contribution in [1.29, 1.82) is 0 Å². The van der Waals surface area contributed by atoms with E-state index < -0.39 is 5.56 Å². The molecule has 29 heavy (non-hydrogen) atoms.